The van der Waals surface area contributed by atoms with Crippen LogP contribution in [-0.4, -0.2) is 44.5 Å². The lowest BCUT2D eigenvalue weighted by molar-refractivity contribution is -0.130. The van der Waals surface area contributed by atoms with Crippen LogP contribution in [0.15, 0.2) is 0 Å². The van der Waals surface area contributed by atoms with E-state index in [0.717, 1.165) is 19.5 Å². The van der Waals surface area contributed by atoms with Gasteiger partial charge in [-0.25, -0.2) is 0 Å². The Morgan fingerprint density at radius 2 is 2.06 bits per heavy atom. The Hall–Kier alpha value is -0.610. The maximum atomic E-state index is 11.8. The van der Waals surface area contributed by atoms with Gasteiger partial charge < -0.3 is 16.0 Å². The van der Waals surface area contributed by atoms with E-state index in [4.69, 9.17) is 5.73 Å². The summed E-state index contributed by atoms with van der Waals surface area (Å²) in [4.78, 5) is 13.6. The molecule has 0 aliphatic carbocycles. The number of carbonyl (C=O) groups excluding carboxylic acids is 1. The fraction of sp³-hybridized carbons (Fsp3) is 0.917. The maximum Gasteiger partial charge on any atom is 0.222 e. The van der Waals surface area contributed by atoms with E-state index in [9.17, 15) is 4.79 Å². The van der Waals surface area contributed by atoms with Gasteiger partial charge in [-0.15, -0.1) is 0 Å². The van der Waals surface area contributed by atoms with Gasteiger partial charge in [0.05, 0.1) is 0 Å². The second kappa shape index (κ2) is 8.53. The molecule has 0 aliphatic heterocycles. The van der Waals surface area contributed by atoms with Crippen LogP contribution in [0, 0.1) is 11.8 Å². The summed E-state index contributed by atoms with van der Waals surface area (Å²) in [5, 5.41) is 3.03. The van der Waals surface area contributed by atoms with Crippen LogP contribution in [0.3, 0.4) is 0 Å². The molecule has 4 nitrogen and oxygen atoms in total. The zero-order valence-electron chi connectivity index (χ0n) is 11.1. The zero-order chi connectivity index (χ0) is 12.6. The van der Waals surface area contributed by atoms with Gasteiger partial charge in [0.2, 0.25) is 5.91 Å². The third-order valence-electron chi connectivity index (χ3n) is 2.72. The molecule has 0 heterocycles. The minimum atomic E-state index is 0.200. The third kappa shape index (κ3) is 6.80. The van der Waals surface area contributed by atoms with Crippen LogP contribution in [0.4, 0.5) is 0 Å². The summed E-state index contributed by atoms with van der Waals surface area (Å²) >= 11 is 0. The average molecular weight is 229 g/mol. The molecule has 1 unspecified atom stereocenters. The summed E-state index contributed by atoms with van der Waals surface area (Å²) in [6.07, 6.45) is 1.61. The van der Waals surface area contributed by atoms with Crippen molar-refractivity contribution in [3.63, 3.8) is 0 Å². The van der Waals surface area contributed by atoms with Crippen LogP contribution < -0.4 is 11.1 Å². The smallest absolute Gasteiger partial charge is 0.222 e. The fourth-order valence-electron chi connectivity index (χ4n) is 1.74. The van der Waals surface area contributed by atoms with Gasteiger partial charge in [-0.1, -0.05) is 13.8 Å². The van der Waals surface area contributed by atoms with Crippen molar-refractivity contribution in [2.24, 2.45) is 17.6 Å². The molecule has 0 aromatic rings. The van der Waals surface area contributed by atoms with E-state index in [-0.39, 0.29) is 5.91 Å². The number of nitrogens with two attached hydrogens (primary N) is 1. The Balaban J connectivity index is 3.98. The standard InChI is InChI=1S/C12H27N3O/c1-10(2)7-11(9-13)8-12(16)15(4)6-5-14-3/h10-11,14H,5-9,13H2,1-4H3. The number of rotatable bonds is 8. The first kappa shape index (κ1) is 15.4. The van der Waals surface area contributed by atoms with E-state index in [1.54, 1.807) is 4.90 Å². The van der Waals surface area contributed by atoms with Gasteiger partial charge in [0.1, 0.15) is 0 Å². The molecule has 0 bridgehead atoms. The number of likely N-dealkylation sites (N-methyl/N-ethyl adjacent to an activating group) is 2. The molecule has 0 aromatic heterocycles. The van der Waals surface area contributed by atoms with Crippen molar-refractivity contribution in [2.75, 3.05) is 33.7 Å². The van der Waals surface area contributed by atoms with Crippen molar-refractivity contribution in [1.29, 1.82) is 0 Å². The molecule has 3 N–H and O–H groups in total. The molecule has 0 radical (unpaired) electrons. The van der Waals surface area contributed by atoms with E-state index in [1.807, 2.05) is 14.1 Å². The van der Waals surface area contributed by atoms with Crippen LogP contribution in [0.25, 0.3) is 0 Å². The van der Waals surface area contributed by atoms with E-state index >= 15 is 0 Å². The molecule has 0 saturated heterocycles. The van der Waals surface area contributed by atoms with Crippen LogP contribution in [0.5, 0.6) is 0 Å². The lowest BCUT2D eigenvalue weighted by atomic mass is 9.94. The molecule has 0 aliphatic rings. The number of nitrogens with zero attached hydrogens (tertiary/aromatic N) is 1. The second-order valence-corrected chi connectivity index (χ2v) is 4.85. The van der Waals surface area contributed by atoms with Crippen molar-refractivity contribution in [2.45, 2.75) is 26.7 Å². The molecule has 0 fully saturated rings. The number of hydrogen-bond donors (Lipinski definition) is 2. The molecule has 0 saturated carbocycles. The molecule has 4 heteroatoms. The van der Waals surface area contributed by atoms with Gasteiger partial charge in [0.15, 0.2) is 0 Å². The summed E-state index contributed by atoms with van der Waals surface area (Å²) in [5.74, 6) is 1.12. The Morgan fingerprint density at radius 3 is 2.50 bits per heavy atom. The van der Waals surface area contributed by atoms with Crippen LogP contribution in [-0.2, 0) is 4.79 Å². The Labute approximate surface area is 99.6 Å². The first-order chi connectivity index (χ1) is 7.51. The topological polar surface area (TPSA) is 58.4 Å². The maximum absolute atomic E-state index is 11.8. The Kier molecular flexibility index (Phi) is 8.21. The summed E-state index contributed by atoms with van der Waals surface area (Å²) in [7, 11) is 3.74. The van der Waals surface area contributed by atoms with Crippen molar-refractivity contribution < 1.29 is 4.79 Å². The lowest BCUT2D eigenvalue weighted by Gasteiger charge is -2.21. The number of nitrogens with one attached hydrogen (secondary N) is 1. The fourth-order valence-corrected chi connectivity index (χ4v) is 1.74. The molecule has 96 valence electrons. The molecule has 0 spiro atoms. The van der Waals surface area contributed by atoms with E-state index < -0.39 is 0 Å². The molecule has 1 atom stereocenters. The van der Waals surface area contributed by atoms with Crippen LogP contribution in [0.1, 0.15) is 26.7 Å². The van der Waals surface area contributed by atoms with Crippen molar-refractivity contribution in [3.8, 4) is 0 Å². The van der Waals surface area contributed by atoms with Crippen molar-refractivity contribution in [3.05, 3.63) is 0 Å². The van der Waals surface area contributed by atoms with Gasteiger partial charge >= 0.3 is 0 Å². The summed E-state index contributed by atoms with van der Waals surface area (Å²) in [6, 6.07) is 0. The van der Waals surface area contributed by atoms with Gasteiger partial charge in [-0.2, -0.15) is 0 Å². The zero-order valence-corrected chi connectivity index (χ0v) is 11.1. The highest BCUT2D eigenvalue weighted by atomic mass is 16.2. The lowest BCUT2D eigenvalue weighted by Crippen LogP contribution is -2.35. The predicted molar refractivity (Wildman–Crippen MR) is 68.2 cm³/mol. The largest absolute Gasteiger partial charge is 0.344 e. The van der Waals surface area contributed by atoms with Gasteiger partial charge in [0, 0.05) is 26.6 Å². The highest BCUT2D eigenvalue weighted by Gasteiger charge is 2.16. The van der Waals surface area contributed by atoms with E-state index in [2.05, 4.69) is 19.2 Å². The summed E-state index contributed by atoms with van der Waals surface area (Å²) in [5.41, 5.74) is 5.69. The summed E-state index contributed by atoms with van der Waals surface area (Å²) < 4.78 is 0. The molecular formula is C12H27N3O. The second-order valence-electron chi connectivity index (χ2n) is 4.85. The first-order valence-corrected chi connectivity index (χ1v) is 6.09. The average Bonchev–Trinajstić information content (AvgIpc) is 2.23. The molecule has 0 aromatic carbocycles. The Bertz CT molecular complexity index is 195. The monoisotopic (exact) mass is 229 g/mol. The molecule has 16 heavy (non-hydrogen) atoms. The van der Waals surface area contributed by atoms with E-state index in [1.165, 1.54) is 0 Å². The highest BCUT2D eigenvalue weighted by molar-refractivity contribution is 5.76. The van der Waals surface area contributed by atoms with Crippen LogP contribution in [0.2, 0.25) is 0 Å². The molecule has 1 amide bonds. The molecule has 0 rings (SSSR count). The van der Waals surface area contributed by atoms with Crippen LogP contribution >= 0.6 is 0 Å². The van der Waals surface area contributed by atoms with Gasteiger partial charge in [-0.05, 0) is 31.8 Å². The first-order valence-electron chi connectivity index (χ1n) is 6.09. The third-order valence-corrected chi connectivity index (χ3v) is 2.72. The number of hydrogen-bond acceptors (Lipinski definition) is 3. The van der Waals surface area contributed by atoms with Gasteiger partial charge in [0.25, 0.3) is 0 Å². The minimum Gasteiger partial charge on any atom is -0.344 e. The van der Waals surface area contributed by atoms with Crippen molar-refractivity contribution >= 4 is 5.91 Å². The van der Waals surface area contributed by atoms with Gasteiger partial charge in [-0.3, -0.25) is 4.79 Å². The highest BCUT2D eigenvalue weighted by Crippen LogP contribution is 2.15. The number of amides is 1. The quantitative estimate of drug-likeness (QED) is 0.643. The normalized spacial score (nSPS) is 12.9. The molecular weight excluding hydrogens is 202 g/mol. The minimum absolute atomic E-state index is 0.200. The summed E-state index contributed by atoms with van der Waals surface area (Å²) in [6.45, 7) is 6.52. The van der Waals surface area contributed by atoms with Crippen molar-refractivity contribution in [1.82, 2.24) is 10.2 Å². The predicted octanol–water partition coefficient (Wildman–Crippen LogP) is 0.675. The van der Waals surface area contributed by atoms with E-state index in [0.29, 0.717) is 24.8 Å². The SMILES string of the molecule is CNCCN(C)C(=O)CC(CN)CC(C)C. The number of carbonyl (C=O) groups is 1. The Morgan fingerprint density at radius 1 is 1.44 bits per heavy atom.